The van der Waals surface area contributed by atoms with Crippen LogP contribution in [-0.4, -0.2) is 28.6 Å². The SMILES string of the molecule is C/C=C\C=C(/O)C(=O)Oc1ccc(-c2ccc3c(c2COc2cc([N+](=O)[O-])ccc2C)C(C)=CC(C)(C)N3)c(OC)c1. The topological polar surface area (TPSA) is 120 Å². The summed E-state index contributed by atoms with van der Waals surface area (Å²) in [5.41, 5.74) is 5.81. The molecule has 42 heavy (non-hydrogen) atoms. The zero-order chi connectivity index (χ0) is 30.6. The Morgan fingerprint density at radius 1 is 1.07 bits per heavy atom. The molecule has 1 aliphatic heterocycles. The van der Waals surface area contributed by atoms with E-state index in [1.807, 2.05) is 26.0 Å². The highest BCUT2D eigenvalue weighted by Gasteiger charge is 2.27. The molecule has 0 atom stereocenters. The molecule has 4 rings (SSSR count). The number of esters is 1. The van der Waals surface area contributed by atoms with Gasteiger partial charge in [-0.1, -0.05) is 24.3 Å². The van der Waals surface area contributed by atoms with Crippen molar-refractivity contribution in [1.82, 2.24) is 0 Å². The molecule has 0 radical (unpaired) electrons. The number of ether oxygens (including phenoxy) is 3. The maximum atomic E-state index is 12.3. The van der Waals surface area contributed by atoms with Crippen LogP contribution < -0.4 is 19.5 Å². The van der Waals surface area contributed by atoms with Crippen molar-refractivity contribution >= 4 is 22.9 Å². The van der Waals surface area contributed by atoms with Gasteiger partial charge >= 0.3 is 5.97 Å². The van der Waals surface area contributed by atoms with Crippen LogP contribution in [0.15, 0.2) is 78.6 Å². The van der Waals surface area contributed by atoms with Crippen molar-refractivity contribution in [2.24, 2.45) is 0 Å². The van der Waals surface area contributed by atoms with Crippen molar-refractivity contribution in [1.29, 1.82) is 0 Å². The zero-order valence-electron chi connectivity index (χ0n) is 24.5. The molecular formula is C33H34N2O7. The third-order valence-electron chi connectivity index (χ3n) is 6.83. The second kappa shape index (κ2) is 12.2. The van der Waals surface area contributed by atoms with E-state index in [1.54, 1.807) is 37.3 Å². The minimum atomic E-state index is -0.896. The summed E-state index contributed by atoms with van der Waals surface area (Å²) < 4.78 is 17.3. The van der Waals surface area contributed by atoms with E-state index >= 15 is 0 Å². The molecule has 3 aromatic rings. The molecule has 9 nitrogen and oxygen atoms in total. The van der Waals surface area contributed by atoms with Crippen LogP contribution in [0.2, 0.25) is 0 Å². The van der Waals surface area contributed by atoms with Gasteiger partial charge in [0, 0.05) is 34.5 Å². The molecule has 218 valence electrons. The molecule has 0 saturated carbocycles. The van der Waals surface area contributed by atoms with Crippen LogP contribution in [-0.2, 0) is 11.4 Å². The first-order valence-corrected chi connectivity index (χ1v) is 13.4. The lowest BCUT2D eigenvalue weighted by atomic mass is 9.85. The molecule has 1 heterocycles. The molecule has 2 N–H and O–H groups in total. The van der Waals surface area contributed by atoms with E-state index in [9.17, 15) is 20.0 Å². The number of methoxy groups -OCH3 is 1. The fraction of sp³-hybridized carbons (Fsp3) is 0.242. The summed E-state index contributed by atoms with van der Waals surface area (Å²) in [5, 5.41) is 24.9. The third kappa shape index (κ3) is 6.46. The van der Waals surface area contributed by atoms with Crippen molar-refractivity contribution < 1.29 is 29.0 Å². The number of fused-ring (bicyclic) bond motifs is 1. The summed E-state index contributed by atoms with van der Waals surface area (Å²) >= 11 is 0. The Morgan fingerprint density at radius 3 is 2.50 bits per heavy atom. The molecule has 9 heteroatoms. The molecule has 0 spiro atoms. The average molecular weight is 571 g/mol. The lowest BCUT2D eigenvalue weighted by Gasteiger charge is -2.33. The summed E-state index contributed by atoms with van der Waals surface area (Å²) in [6.07, 6.45) is 6.60. The Balaban J connectivity index is 1.79. The standard InChI is InChI=1S/C33H34N2O7/c1-7-8-9-28(36)32(37)42-23-12-13-25(30(17-23)40-6)24-14-15-27-31(21(3)18-33(4,5)34-27)26(24)19-41-29-16-22(35(38)39)11-10-20(29)2/h7-18,34,36H,19H2,1-6H3/b8-7-,28-9-. The minimum absolute atomic E-state index is 0.0520. The minimum Gasteiger partial charge on any atom is -0.502 e. The third-order valence-corrected chi connectivity index (χ3v) is 6.83. The molecule has 1 aliphatic rings. The van der Waals surface area contributed by atoms with Gasteiger partial charge in [0.25, 0.3) is 5.69 Å². The molecule has 0 unspecified atom stereocenters. The van der Waals surface area contributed by atoms with E-state index in [1.165, 1.54) is 31.4 Å². The maximum Gasteiger partial charge on any atom is 0.378 e. The van der Waals surface area contributed by atoms with Crippen LogP contribution in [0.1, 0.15) is 44.4 Å². The second-order valence-electron chi connectivity index (χ2n) is 10.5. The smallest absolute Gasteiger partial charge is 0.378 e. The van der Waals surface area contributed by atoms with Gasteiger partial charge in [-0.25, -0.2) is 4.79 Å². The van der Waals surface area contributed by atoms with E-state index in [4.69, 9.17) is 14.2 Å². The van der Waals surface area contributed by atoms with Crippen LogP contribution >= 0.6 is 0 Å². The Bertz CT molecular complexity index is 1630. The number of aliphatic hydroxyl groups is 1. The van der Waals surface area contributed by atoms with Crippen LogP contribution in [0.25, 0.3) is 16.7 Å². The number of anilines is 1. The van der Waals surface area contributed by atoms with Gasteiger partial charge in [0.15, 0.2) is 0 Å². The van der Waals surface area contributed by atoms with Crippen LogP contribution in [0.5, 0.6) is 17.2 Å². The van der Waals surface area contributed by atoms with Gasteiger partial charge in [0.1, 0.15) is 23.9 Å². The number of nitrogens with one attached hydrogen (secondary N) is 1. The number of aliphatic hydroxyl groups excluding tert-OH is 1. The molecule has 0 bridgehead atoms. The second-order valence-corrected chi connectivity index (χ2v) is 10.5. The van der Waals surface area contributed by atoms with Crippen LogP contribution in [0.4, 0.5) is 11.4 Å². The van der Waals surface area contributed by atoms with Gasteiger partial charge in [-0.3, -0.25) is 10.1 Å². The van der Waals surface area contributed by atoms with Crippen molar-refractivity contribution in [3.05, 3.63) is 105 Å². The molecule has 3 aromatic carbocycles. The molecule has 0 amide bonds. The molecule has 0 fully saturated rings. The van der Waals surface area contributed by atoms with E-state index in [-0.39, 0.29) is 23.6 Å². The summed E-state index contributed by atoms with van der Waals surface area (Å²) in [6, 6.07) is 13.5. The molecule has 0 aliphatic carbocycles. The number of nitro groups is 1. The number of rotatable bonds is 9. The number of hydrogen-bond acceptors (Lipinski definition) is 8. The highest BCUT2D eigenvalue weighted by atomic mass is 16.6. The van der Waals surface area contributed by atoms with Crippen molar-refractivity contribution in [2.75, 3.05) is 12.4 Å². The molecule has 0 saturated heterocycles. The zero-order valence-corrected chi connectivity index (χ0v) is 24.5. The molecule has 0 aromatic heterocycles. The van der Waals surface area contributed by atoms with Crippen molar-refractivity contribution in [3.63, 3.8) is 0 Å². The number of carbonyl (C=O) groups excluding carboxylic acids is 1. The Labute approximate surface area is 244 Å². The maximum absolute atomic E-state index is 12.3. The number of hydrogen-bond donors (Lipinski definition) is 2. The number of nitrogens with zero attached hydrogens (tertiary/aromatic N) is 1. The number of benzene rings is 3. The van der Waals surface area contributed by atoms with Crippen molar-refractivity contribution in [3.8, 4) is 28.4 Å². The van der Waals surface area contributed by atoms with Gasteiger partial charge in [0.05, 0.1) is 23.6 Å². The summed E-state index contributed by atoms with van der Waals surface area (Å²) in [6.45, 7) is 9.94. The lowest BCUT2D eigenvalue weighted by Crippen LogP contribution is -2.32. The largest absolute Gasteiger partial charge is 0.502 e. The van der Waals surface area contributed by atoms with Crippen LogP contribution in [0, 0.1) is 17.0 Å². The Morgan fingerprint density at radius 2 is 1.81 bits per heavy atom. The number of aryl methyl sites for hydroxylation is 1. The summed E-state index contributed by atoms with van der Waals surface area (Å²) in [7, 11) is 1.52. The molecular weight excluding hydrogens is 536 g/mol. The van der Waals surface area contributed by atoms with E-state index in [0.29, 0.717) is 11.5 Å². The first-order valence-electron chi connectivity index (χ1n) is 13.4. The van der Waals surface area contributed by atoms with Crippen molar-refractivity contribution in [2.45, 2.75) is 46.8 Å². The first-order chi connectivity index (χ1) is 19.9. The fourth-order valence-corrected chi connectivity index (χ4v) is 4.98. The predicted molar refractivity (Wildman–Crippen MR) is 163 cm³/mol. The first kappa shape index (κ1) is 29.9. The van der Waals surface area contributed by atoms with E-state index in [0.717, 1.165) is 39.1 Å². The summed E-state index contributed by atoms with van der Waals surface area (Å²) in [5.74, 6) is -0.371. The monoisotopic (exact) mass is 570 g/mol. The summed E-state index contributed by atoms with van der Waals surface area (Å²) in [4.78, 5) is 23.2. The average Bonchev–Trinajstić information content (AvgIpc) is 2.94. The van der Waals surface area contributed by atoms with Gasteiger partial charge in [-0.2, -0.15) is 0 Å². The predicted octanol–water partition coefficient (Wildman–Crippen LogP) is 7.69. The Kier molecular flexibility index (Phi) is 8.70. The normalized spacial score (nSPS) is 14.0. The van der Waals surface area contributed by atoms with Gasteiger partial charge in [0.2, 0.25) is 5.76 Å². The highest BCUT2D eigenvalue weighted by Crippen LogP contribution is 2.43. The van der Waals surface area contributed by atoms with Gasteiger partial charge in [-0.05, 0) is 81.7 Å². The number of nitro benzene ring substituents is 1. The fourth-order valence-electron chi connectivity index (χ4n) is 4.98. The number of allylic oxidation sites excluding steroid dienone is 4. The van der Waals surface area contributed by atoms with E-state index < -0.39 is 16.7 Å². The quantitative estimate of drug-likeness (QED) is 0.0511. The number of carbonyl (C=O) groups is 1. The number of non-ortho nitro benzene ring substituents is 1. The van der Waals surface area contributed by atoms with E-state index in [2.05, 4.69) is 25.2 Å². The van der Waals surface area contributed by atoms with Gasteiger partial charge in [-0.15, -0.1) is 0 Å². The van der Waals surface area contributed by atoms with Gasteiger partial charge < -0.3 is 24.6 Å². The highest BCUT2D eigenvalue weighted by molar-refractivity contribution is 5.90. The Hall–Kier alpha value is -5.05. The lowest BCUT2D eigenvalue weighted by molar-refractivity contribution is -0.385. The van der Waals surface area contributed by atoms with Crippen LogP contribution in [0.3, 0.4) is 0 Å².